The molecule has 2 aromatic rings. The number of anilines is 2. The highest BCUT2D eigenvalue weighted by Gasteiger charge is 2.13. The lowest BCUT2D eigenvalue weighted by molar-refractivity contribution is 0.209. The van der Waals surface area contributed by atoms with Crippen molar-refractivity contribution < 1.29 is 23.4 Å². The number of nitrogens with one attached hydrogen (secondary N) is 1. The molecule has 0 aliphatic heterocycles. The first-order valence-corrected chi connectivity index (χ1v) is 5.34. The third kappa shape index (κ3) is 3.10. The zero-order valence-electron chi connectivity index (χ0n) is 9.93. The van der Waals surface area contributed by atoms with Crippen LogP contribution in [-0.2, 0) is 0 Å². The summed E-state index contributed by atoms with van der Waals surface area (Å²) in [6, 6.07) is 4.28. The maximum Gasteiger partial charge on any atom is 0.409 e. The van der Waals surface area contributed by atoms with Gasteiger partial charge in [-0.2, -0.15) is 0 Å². The van der Waals surface area contributed by atoms with Gasteiger partial charge in [0.2, 0.25) is 5.88 Å². The lowest BCUT2D eigenvalue weighted by Gasteiger charge is -2.09. The van der Waals surface area contributed by atoms with E-state index in [1.165, 1.54) is 18.3 Å². The van der Waals surface area contributed by atoms with Crippen molar-refractivity contribution in [3.8, 4) is 11.6 Å². The van der Waals surface area contributed by atoms with E-state index in [0.717, 1.165) is 6.07 Å². The number of aromatic nitrogens is 1. The second kappa shape index (κ2) is 5.39. The number of benzene rings is 1. The summed E-state index contributed by atoms with van der Waals surface area (Å²) in [5.74, 6) is -2.38. The van der Waals surface area contributed by atoms with Gasteiger partial charge in [-0.3, -0.25) is 5.32 Å². The number of hydrogen-bond acceptors (Lipinski definition) is 4. The first kappa shape index (κ1) is 13.5. The summed E-state index contributed by atoms with van der Waals surface area (Å²) in [6.45, 7) is 0. The molecule has 1 aromatic heterocycles. The van der Waals surface area contributed by atoms with Crippen LogP contribution in [0.1, 0.15) is 0 Å². The van der Waals surface area contributed by atoms with E-state index in [1.807, 2.05) is 0 Å². The Morgan fingerprint density at radius 2 is 2.05 bits per heavy atom. The number of pyridine rings is 1. The fraction of sp³-hybridized carbons (Fsp3) is 0. The molecule has 4 N–H and O–H groups in total. The highest BCUT2D eigenvalue weighted by molar-refractivity contribution is 5.83. The fourth-order valence-electron chi connectivity index (χ4n) is 1.38. The van der Waals surface area contributed by atoms with Gasteiger partial charge >= 0.3 is 6.09 Å². The smallest absolute Gasteiger partial charge is 0.409 e. The first-order chi connectivity index (χ1) is 9.45. The molecule has 1 amide bonds. The van der Waals surface area contributed by atoms with E-state index in [4.69, 9.17) is 15.6 Å². The number of amides is 1. The molecule has 1 heterocycles. The van der Waals surface area contributed by atoms with Crippen LogP contribution in [0.25, 0.3) is 0 Å². The molecule has 2 rings (SSSR count). The van der Waals surface area contributed by atoms with Crippen LogP contribution in [0.3, 0.4) is 0 Å². The molecule has 104 valence electrons. The number of halogens is 2. The Kier molecular flexibility index (Phi) is 3.65. The van der Waals surface area contributed by atoms with Crippen LogP contribution in [0.5, 0.6) is 11.6 Å². The minimum absolute atomic E-state index is 0.0333. The van der Waals surface area contributed by atoms with Gasteiger partial charge in [-0.25, -0.2) is 18.6 Å². The minimum Gasteiger partial charge on any atom is -0.465 e. The summed E-state index contributed by atoms with van der Waals surface area (Å²) in [5, 5.41) is 10.3. The lowest BCUT2D eigenvalue weighted by Crippen LogP contribution is -2.09. The van der Waals surface area contributed by atoms with Crippen LogP contribution in [0.4, 0.5) is 25.0 Å². The lowest BCUT2D eigenvalue weighted by atomic mass is 10.2. The van der Waals surface area contributed by atoms with Crippen molar-refractivity contribution in [1.82, 2.24) is 4.98 Å². The highest BCUT2D eigenvalue weighted by Crippen LogP contribution is 2.28. The zero-order chi connectivity index (χ0) is 14.7. The van der Waals surface area contributed by atoms with E-state index >= 15 is 0 Å². The predicted molar refractivity (Wildman–Crippen MR) is 66.7 cm³/mol. The van der Waals surface area contributed by atoms with Crippen molar-refractivity contribution in [3.63, 3.8) is 0 Å². The van der Waals surface area contributed by atoms with Gasteiger partial charge in [0.25, 0.3) is 0 Å². The van der Waals surface area contributed by atoms with Gasteiger partial charge < -0.3 is 15.6 Å². The van der Waals surface area contributed by atoms with Crippen LogP contribution in [0.2, 0.25) is 0 Å². The Hall–Kier alpha value is -2.90. The van der Waals surface area contributed by atoms with Crippen LogP contribution < -0.4 is 15.8 Å². The number of carbonyl (C=O) groups is 1. The quantitative estimate of drug-likeness (QED) is 0.803. The van der Waals surface area contributed by atoms with Gasteiger partial charge in [0, 0.05) is 18.2 Å². The van der Waals surface area contributed by atoms with E-state index in [-0.39, 0.29) is 11.6 Å². The van der Waals surface area contributed by atoms with Gasteiger partial charge in [0.05, 0.1) is 17.6 Å². The molecule has 6 nitrogen and oxygen atoms in total. The average molecular weight is 281 g/mol. The Morgan fingerprint density at radius 1 is 1.30 bits per heavy atom. The number of nitrogen functional groups attached to an aromatic ring is 1. The second-order valence-corrected chi connectivity index (χ2v) is 3.72. The van der Waals surface area contributed by atoms with Gasteiger partial charge in [0.15, 0.2) is 11.6 Å². The van der Waals surface area contributed by atoms with Crippen LogP contribution in [-0.4, -0.2) is 16.2 Å². The molecule has 0 spiro atoms. The molecule has 0 saturated carbocycles. The summed E-state index contributed by atoms with van der Waals surface area (Å²) < 4.78 is 32.0. The van der Waals surface area contributed by atoms with Crippen LogP contribution in [0, 0.1) is 11.6 Å². The van der Waals surface area contributed by atoms with Crippen LogP contribution >= 0.6 is 0 Å². The standard InChI is InChI=1S/C12H9F2N3O3/c13-7-3-8(14)10(4-9(7)17-12(18)19)20-11-2-1-6(15)5-16-11/h1-5,17H,15H2,(H,18,19). The normalized spacial score (nSPS) is 10.1. The van der Waals surface area contributed by atoms with E-state index < -0.39 is 23.4 Å². The van der Waals surface area contributed by atoms with Crippen molar-refractivity contribution >= 4 is 17.5 Å². The van der Waals surface area contributed by atoms with Crippen molar-refractivity contribution in [1.29, 1.82) is 0 Å². The fourth-order valence-corrected chi connectivity index (χ4v) is 1.38. The molecular formula is C12H9F2N3O3. The number of rotatable bonds is 3. The molecule has 1 aromatic carbocycles. The molecule has 0 radical (unpaired) electrons. The molecule has 0 unspecified atom stereocenters. The van der Waals surface area contributed by atoms with Gasteiger partial charge in [-0.05, 0) is 6.07 Å². The monoisotopic (exact) mass is 281 g/mol. The summed E-state index contributed by atoms with van der Waals surface area (Å²) in [4.78, 5) is 14.3. The Labute approximate surface area is 111 Å². The molecule has 8 heteroatoms. The van der Waals surface area contributed by atoms with Crippen molar-refractivity contribution in [2.75, 3.05) is 11.1 Å². The van der Waals surface area contributed by atoms with Crippen molar-refractivity contribution in [2.24, 2.45) is 0 Å². The number of hydrogen-bond donors (Lipinski definition) is 3. The van der Waals surface area contributed by atoms with Gasteiger partial charge in [-0.1, -0.05) is 0 Å². The van der Waals surface area contributed by atoms with Crippen LogP contribution in [0.15, 0.2) is 30.5 Å². The van der Waals surface area contributed by atoms with Crippen molar-refractivity contribution in [2.45, 2.75) is 0 Å². The molecule has 0 saturated heterocycles. The number of nitrogens with zero attached hydrogens (tertiary/aromatic N) is 1. The Morgan fingerprint density at radius 3 is 2.65 bits per heavy atom. The van der Waals surface area contributed by atoms with Gasteiger partial charge in [0.1, 0.15) is 5.82 Å². The van der Waals surface area contributed by atoms with E-state index in [1.54, 1.807) is 5.32 Å². The predicted octanol–water partition coefficient (Wildman–Crippen LogP) is 2.82. The van der Waals surface area contributed by atoms with Gasteiger partial charge in [-0.15, -0.1) is 0 Å². The van der Waals surface area contributed by atoms with E-state index in [9.17, 15) is 13.6 Å². The van der Waals surface area contributed by atoms with E-state index in [2.05, 4.69) is 4.98 Å². The summed E-state index contributed by atoms with van der Waals surface area (Å²) in [7, 11) is 0. The molecular weight excluding hydrogens is 272 g/mol. The third-order valence-corrected chi connectivity index (χ3v) is 2.24. The second-order valence-electron chi connectivity index (χ2n) is 3.72. The average Bonchev–Trinajstić information content (AvgIpc) is 2.37. The number of ether oxygens (including phenoxy) is 1. The maximum atomic E-state index is 13.5. The highest BCUT2D eigenvalue weighted by atomic mass is 19.1. The summed E-state index contributed by atoms with van der Waals surface area (Å²) in [5.41, 5.74) is 5.40. The minimum atomic E-state index is -1.48. The van der Waals surface area contributed by atoms with Crippen molar-refractivity contribution in [3.05, 3.63) is 42.1 Å². The number of carboxylic acid groups (broad SMARTS) is 1. The Balaban J connectivity index is 2.31. The summed E-state index contributed by atoms with van der Waals surface area (Å²) >= 11 is 0. The number of nitrogens with two attached hydrogens (primary N) is 1. The van der Waals surface area contributed by atoms with E-state index in [0.29, 0.717) is 11.8 Å². The molecule has 0 atom stereocenters. The molecule has 0 fully saturated rings. The Bertz CT molecular complexity index is 647. The first-order valence-electron chi connectivity index (χ1n) is 5.34. The maximum absolute atomic E-state index is 13.5. The molecule has 20 heavy (non-hydrogen) atoms. The summed E-state index contributed by atoms with van der Waals surface area (Å²) in [6.07, 6.45) is -0.181. The third-order valence-electron chi connectivity index (χ3n) is 2.24. The SMILES string of the molecule is Nc1ccc(Oc2cc(NC(=O)O)c(F)cc2F)nc1. The topological polar surface area (TPSA) is 97.5 Å². The molecule has 0 bridgehead atoms. The zero-order valence-corrected chi connectivity index (χ0v) is 9.93. The molecule has 0 aliphatic carbocycles. The molecule has 0 aliphatic rings. The largest absolute Gasteiger partial charge is 0.465 e.